The van der Waals surface area contributed by atoms with Gasteiger partial charge in [0.25, 0.3) is 0 Å². The van der Waals surface area contributed by atoms with E-state index in [4.69, 9.17) is 9.47 Å². The number of rotatable bonds is 7. The number of aromatic nitrogens is 5. The number of aromatic amines is 1. The van der Waals surface area contributed by atoms with Crippen LogP contribution in [0.1, 0.15) is 11.3 Å². The fraction of sp³-hybridized carbons (Fsp3) is 0.120. The van der Waals surface area contributed by atoms with Gasteiger partial charge in [0.05, 0.1) is 17.8 Å². The molecule has 5 rings (SSSR count). The highest BCUT2D eigenvalue weighted by Gasteiger charge is 2.11. The predicted octanol–water partition coefficient (Wildman–Crippen LogP) is 5.23. The number of benzene rings is 3. The van der Waals surface area contributed by atoms with E-state index in [1.165, 1.54) is 0 Å². The number of halogens is 1. The molecule has 5 aromatic rings. The second-order valence-corrected chi connectivity index (χ2v) is 7.34. The summed E-state index contributed by atoms with van der Waals surface area (Å²) in [5, 5.41) is 15.2. The number of ether oxygens (including phenoxy) is 2. The number of para-hydroxylation sites is 1. The Balaban J connectivity index is 0.00000259. The van der Waals surface area contributed by atoms with Crippen molar-refractivity contribution in [3.63, 3.8) is 0 Å². The minimum atomic E-state index is 0. The standard InChI is InChI=1S/C25H21N5O2.ClH/c1-31-16-19-14-24(22-8-4-5-9-23(22)26-19)32-15-17-10-12-18(13-11-17)20-6-2-3-7-21(20)25-27-29-30-28-25;/h2-14H,15-16H2,1H3,(H,27,28,29,30);1H. The third kappa shape index (κ3) is 4.84. The van der Waals surface area contributed by atoms with Crippen molar-refractivity contribution in [3.05, 3.63) is 90.1 Å². The molecule has 0 radical (unpaired) electrons. The zero-order chi connectivity index (χ0) is 21.8. The number of hydrogen-bond acceptors (Lipinski definition) is 6. The van der Waals surface area contributed by atoms with E-state index in [1.54, 1.807) is 7.11 Å². The van der Waals surface area contributed by atoms with Crippen LogP contribution in [0.25, 0.3) is 33.4 Å². The van der Waals surface area contributed by atoms with Crippen molar-refractivity contribution in [3.8, 4) is 28.3 Å². The van der Waals surface area contributed by atoms with E-state index in [1.807, 2.05) is 48.5 Å². The summed E-state index contributed by atoms with van der Waals surface area (Å²) in [5.74, 6) is 1.44. The lowest BCUT2D eigenvalue weighted by atomic mass is 9.98. The molecule has 33 heavy (non-hydrogen) atoms. The maximum absolute atomic E-state index is 6.19. The van der Waals surface area contributed by atoms with Crippen molar-refractivity contribution in [2.75, 3.05) is 7.11 Å². The lowest BCUT2D eigenvalue weighted by Gasteiger charge is -2.12. The maximum Gasteiger partial charge on any atom is 0.180 e. The van der Waals surface area contributed by atoms with E-state index in [2.05, 4.69) is 55.9 Å². The predicted molar refractivity (Wildman–Crippen MR) is 129 cm³/mol. The molecule has 0 bridgehead atoms. The van der Waals surface area contributed by atoms with Gasteiger partial charge >= 0.3 is 0 Å². The van der Waals surface area contributed by atoms with Crippen LogP contribution in [-0.4, -0.2) is 32.7 Å². The van der Waals surface area contributed by atoms with E-state index < -0.39 is 0 Å². The van der Waals surface area contributed by atoms with Crippen molar-refractivity contribution in [2.24, 2.45) is 0 Å². The number of methoxy groups -OCH3 is 1. The van der Waals surface area contributed by atoms with Gasteiger partial charge in [-0.3, -0.25) is 4.98 Å². The maximum atomic E-state index is 6.19. The van der Waals surface area contributed by atoms with Crippen molar-refractivity contribution < 1.29 is 9.47 Å². The molecule has 3 aromatic carbocycles. The summed E-state index contributed by atoms with van der Waals surface area (Å²) in [6.07, 6.45) is 0. The van der Waals surface area contributed by atoms with Crippen LogP contribution >= 0.6 is 12.4 Å². The first-order chi connectivity index (χ1) is 15.8. The van der Waals surface area contributed by atoms with Crippen LogP contribution in [0.15, 0.2) is 78.9 Å². The van der Waals surface area contributed by atoms with Crippen molar-refractivity contribution in [2.45, 2.75) is 13.2 Å². The molecule has 0 amide bonds. The van der Waals surface area contributed by atoms with Gasteiger partial charge in [0.2, 0.25) is 0 Å². The molecule has 7 nitrogen and oxygen atoms in total. The second-order valence-electron chi connectivity index (χ2n) is 7.34. The first kappa shape index (κ1) is 22.4. The average molecular weight is 460 g/mol. The van der Waals surface area contributed by atoms with Crippen LogP contribution in [-0.2, 0) is 18.0 Å². The van der Waals surface area contributed by atoms with Gasteiger partial charge in [-0.25, -0.2) is 5.10 Å². The zero-order valence-electron chi connectivity index (χ0n) is 17.9. The molecular formula is C25H22ClN5O2. The topological polar surface area (TPSA) is 85.8 Å². The second kappa shape index (κ2) is 10.2. The summed E-state index contributed by atoms with van der Waals surface area (Å²) in [5.41, 5.74) is 5.90. The van der Waals surface area contributed by atoms with E-state index in [0.29, 0.717) is 19.0 Å². The molecule has 2 aromatic heterocycles. The highest BCUT2D eigenvalue weighted by molar-refractivity contribution is 5.86. The van der Waals surface area contributed by atoms with Gasteiger partial charge < -0.3 is 9.47 Å². The van der Waals surface area contributed by atoms with Gasteiger partial charge in [0.15, 0.2) is 5.82 Å². The molecule has 0 saturated carbocycles. The Morgan fingerprint density at radius 3 is 2.36 bits per heavy atom. The van der Waals surface area contributed by atoms with Crippen LogP contribution in [0.4, 0.5) is 0 Å². The van der Waals surface area contributed by atoms with E-state index in [9.17, 15) is 0 Å². The van der Waals surface area contributed by atoms with Crippen LogP contribution in [0.5, 0.6) is 5.75 Å². The fourth-order valence-corrected chi connectivity index (χ4v) is 3.69. The van der Waals surface area contributed by atoms with Crippen LogP contribution in [0, 0.1) is 0 Å². The van der Waals surface area contributed by atoms with E-state index >= 15 is 0 Å². The Morgan fingerprint density at radius 1 is 0.848 bits per heavy atom. The number of hydrogen-bond donors (Lipinski definition) is 1. The molecular weight excluding hydrogens is 438 g/mol. The van der Waals surface area contributed by atoms with Crippen LogP contribution in [0.2, 0.25) is 0 Å². The zero-order valence-corrected chi connectivity index (χ0v) is 18.7. The van der Waals surface area contributed by atoms with E-state index in [-0.39, 0.29) is 12.4 Å². The molecule has 0 atom stereocenters. The van der Waals surface area contributed by atoms with Gasteiger partial charge in [-0.1, -0.05) is 60.7 Å². The average Bonchev–Trinajstić information content (AvgIpc) is 3.38. The van der Waals surface area contributed by atoms with Crippen LogP contribution in [0.3, 0.4) is 0 Å². The molecule has 0 aliphatic rings. The molecule has 0 aliphatic carbocycles. The quantitative estimate of drug-likeness (QED) is 0.358. The first-order valence-corrected chi connectivity index (χ1v) is 10.2. The third-order valence-electron chi connectivity index (χ3n) is 5.21. The summed E-state index contributed by atoms with van der Waals surface area (Å²) < 4.78 is 11.4. The monoisotopic (exact) mass is 459 g/mol. The number of nitrogens with zero attached hydrogens (tertiary/aromatic N) is 4. The first-order valence-electron chi connectivity index (χ1n) is 10.2. The number of nitrogens with one attached hydrogen (secondary N) is 1. The SMILES string of the molecule is COCc1cc(OCc2ccc(-c3ccccc3-c3nnn[nH]3)cc2)c2ccccc2n1.Cl. The van der Waals surface area contributed by atoms with Gasteiger partial charge in [-0.2, -0.15) is 0 Å². The fourth-order valence-electron chi connectivity index (χ4n) is 3.69. The van der Waals surface area contributed by atoms with Gasteiger partial charge in [-0.15, -0.1) is 17.5 Å². The Morgan fingerprint density at radius 2 is 1.61 bits per heavy atom. The summed E-state index contributed by atoms with van der Waals surface area (Å²) in [6, 6.07) is 26.3. The largest absolute Gasteiger partial charge is 0.488 e. The molecule has 8 heteroatoms. The van der Waals surface area contributed by atoms with E-state index in [0.717, 1.165) is 44.6 Å². The summed E-state index contributed by atoms with van der Waals surface area (Å²) in [4.78, 5) is 4.63. The lowest BCUT2D eigenvalue weighted by Crippen LogP contribution is -2.00. The molecule has 2 heterocycles. The summed E-state index contributed by atoms with van der Waals surface area (Å²) >= 11 is 0. The van der Waals surface area contributed by atoms with Crippen molar-refractivity contribution in [1.82, 2.24) is 25.6 Å². The van der Waals surface area contributed by atoms with Gasteiger partial charge in [0.1, 0.15) is 12.4 Å². The molecule has 0 aliphatic heterocycles. The molecule has 1 N–H and O–H groups in total. The number of fused-ring (bicyclic) bond motifs is 1. The third-order valence-corrected chi connectivity index (χ3v) is 5.21. The van der Waals surface area contributed by atoms with Gasteiger partial charge in [-0.05, 0) is 39.2 Å². The Hall–Kier alpha value is -3.81. The number of H-pyrrole nitrogens is 1. The lowest BCUT2D eigenvalue weighted by molar-refractivity contribution is 0.181. The minimum Gasteiger partial charge on any atom is -0.488 e. The van der Waals surface area contributed by atoms with Crippen molar-refractivity contribution in [1.29, 1.82) is 0 Å². The number of pyridine rings is 1. The molecule has 0 spiro atoms. The Labute approximate surface area is 197 Å². The molecule has 0 fully saturated rings. The highest BCUT2D eigenvalue weighted by Crippen LogP contribution is 2.30. The minimum absolute atomic E-state index is 0. The molecule has 0 saturated heterocycles. The molecule has 0 unspecified atom stereocenters. The van der Waals surface area contributed by atoms with Crippen molar-refractivity contribution >= 4 is 23.3 Å². The summed E-state index contributed by atoms with van der Waals surface area (Å²) in [6.45, 7) is 0.893. The number of tetrazole rings is 1. The Bertz CT molecular complexity index is 1340. The summed E-state index contributed by atoms with van der Waals surface area (Å²) in [7, 11) is 1.66. The highest BCUT2D eigenvalue weighted by atomic mass is 35.5. The smallest absolute Gasteiger partial charge is 0.180 e. The van der Waals surface area contributed by atoms with Crippen LogP contribution < -0.4 is 4.74 Å². The molecule has 166 valence electrons. The Kier molecular flexibility index (Phi) is 6.92. The normalized spacial score (nSPS) is 10.7. The van der Waals surface area contributed by atoms with Gasteiger partial charge in [0, 0.05) is 24.1 Å².